The zero-order valence-corrected chi connectivity index (χ0v) is 16.7. The number of benzene rings is 2. The Kier molecular flexibility index (Phi) is 5.14. The molecule has 0 bridgehead atoms. The lowest BCUT2D eigenvalue weighted by Gasteiger charge is -2.44. The smallest absolute Gasteiger partial charge is 0.119 e. The van der Waals surface area contributed by atoms with Crippen molar-refractivity contribution in [2.24, 2.45) is 0 Å². The predicted octanol–water partition coefficient (Wildman–Crippen LogP) is 3.97. The van der Waals surface area contributed by atoms with Gasteiger partial charge in [-0.3, -0.25) is 4.90 Å². The number of aliphatic hydroxyl groups is 1. The van der Waals surface area contributed by atoms with E-state index in [1.54, 1.807) is 29.8 Å². The molecule has 2 atom stereocenters. The van der Waals surface area contributed by atoms with Crippen molar-refractivity contribution >= 4 is 0 Å². The summed E-state index contributed by atoms with van der Waals surface area (Å²) in [5, 5.41) is 19.4. The molecule has 1 N–H and O–H groups in total. The van der Waals surface area contributed by atoms with Crippen LogP contribution in [-0.2, 0) is 12.0 Å². The van der Waals surface area contributed by atoms with Crippen LogP contribution in [0.15, 0.2) is 42.5 Å². The Morgan fingerprint density at radius 1 is 1.25 bits per heavy atom. The fraction of sp³-hybridized carbons (Fsp3) is 0.458. The molecule has 4 nitrogen and oxygen atoms in total. The Labute approximate surface area is 167 Å². The molecule has 0 amide bonds. The van der Waals surface area contributed by atoms with Gasteiger partial charge in [0.1, 0.15) is 18.5 Å². The molecule has 0 aromatic heterocycles. The highest BCUT2D eigenvalue weighted by atomic mass is 16.5. The minimum atomic E-state index is -0.541. The molecular weight excluding hydrogens is 348 g/mol. The van der Waals surface area contributed by atoms with Gasteiger partial charge in [0.05, 0.1) is 11.6 Å². The molecular formula is C24H28N2O2. The summed E-state index contributed by atoms with van der Waals surface area (Å²) in [6, 6.07) is 15.8. The van der Waals surface area contributed by atoms with Gasteiger partial charge >= 0.3 is 0 Å². The van der Waals surface area contributed by atoms with Gasteiger partial charge in [-0.05, 0) is 65.1 Å². The average molecular weight is 377 g/mol. The SMILES string of the molecule is CC1(C)CCC2CN(CC(O)COc3ccc(C#N)cc3)Cc3cccc1c32. The number of β-amino-alcohol motifs (C(OH)–C–C–N with tert-alkyl or cyclic N) is 1. The second-order valence-electron chi connectivity index (χ2n) is 8.79. The van der Waals surface area contributed by atoms with Gasteiger partial charge in [-0.15, -0.1) is 0 Å². The third-order valence-electron chi connectivity index (χ3n) is 6.22. The van der Waals surface area contributed by atoms with Crippen LogP contribution in [-0.4, -0.2) is 35.8 Å². The highest BCUT2D eigenvalue weighted by Gasteiger charge is 2.37. The molecule has 28 heavy (non-hydrogen) atoms. The van der Waals surface area contributed by atoms with E-state index in [-0.39, 0.29) is 12.0 Å². The molecule has 2 aliphatic rings. The third kappa shape index (κ3) is 3.78. The zero-order chi connectivity index (χ0) is 19.7. The molecule has 2 unspecified atom stereocenters. The normalized spacial score (nSPS) is 21.4. The molecule has 4 rings (SSSR count). The third-order valence-corrected chi connectivity index (χ3v) is 6.22. The van der Waals surface area contributed by atoms with Crippen molar-refractivity contribution in [2.45, 2.75) is 50.7 Å². The van der Waals surface area contributed by atoms with Crippen molar-refractivity contribution in [3.8, 4) is 11.8 Å². The van der Waals surface area contributed by atoms with Crippen LogP contribution in [0, 0.1) is 11.3 Å². The van der Waals surface area contributed by atoms with E-state index in [9.17, 15) is 5.11 Å². The number of nitrogens with zero attached hydrogens (tertiary/aromatic N) is 2. The first-order valence-corrected chi connectivity index (χ1v) is 10.1. The number of nitriles is 1. The summed E-state index contributed by atoms with van der Waals surface area (Å²) >= 11 is 0. The van der Waals surface area contributed by atoms with E-state index < -0.39 is 6.10 Å². The van der Waals surface area contributed by atoms with E-state index in [1.165, 1.54) is 24.0 Å². The molecule has 0 fully saturated rings. The second-order valence-corrected chi connectivity index (χ2v) is 8.79. The molecule has 4 heteroatoms. The Morgan fingerprint density at radius 2 is 2.04 bits per heavy atom. The van der Waals surface area contributed by atoms with Crippen molar-refractivity contribution in [3.05, 3.63) is 64.7 Å². The number of rotatable bonds is 5. The molecule has 0 saturated heterocycles. The van der Waals surface area contributed by atoms with Crippen LogP contribution in [0.25, 0.3) is 0 Å². The minimum absolute atomic E-state index is 0.257. The van der Waals surface area contributed by atoms with Crippen LogP contribution in [0.1, 0.15) is 54.9 Å². The summed E-state index contributed by atoms with van der Waals surface area (Å²) in [6.45, 7) is 7.48. The monoisotopic (exact) mass is 376 g/mol. The van der Waals surface area contributed by atoms with Gasteiger partial charge in [-0.25, -0.2) is 0 Å². The molecule has 0 radical (unpaired) electrons. The lowest BCUT2D eigenvalue weighted by Crippen LogP contribution is -2.43. The molecule has 0 spiro atoms. The predicted molar refractivity (Wildman–Crippen MR) is 109 cm³/mol. The van der Waals surface area contributed by atoms with E-state index in [2.05, 4.69) is 43.0 Å². The van der Waals surface area contributed by atoms with Crippen LogP contribution in [0.2, 0.25) is 0 Å². The molecule has 146 valence electrons. The Balaban J connectivity index is 1.39. The number of ether oxygens (including phenoxy) is 1. The molecule has 1 aliphatic heterocycles. The van der Waals surface area contributed by atoms with E-state index in [0.717, 1.165) is 13.1 Å². The largest absolute Gasteiger partial charge is 0.491 e. The van der Waals surface area contributed by atoms with Gasteiger partial charge in [0.25, 0.3) is 0 Å². The van der Waals surface area contributed by atoms with Gasteiger partial charge in [-0.1, -0.05) is 32.0 Å². The van der Waals surface area contributed by atoms with E-state index in [0.29, 0.717) is 23.8 Å². The highest BCUT2D eigenvalue weighted by molar-refractivity contribution is 5.45. The maximum atomic E-state index is 10.5. The maximum Gasteiger partial charge on any atom is 0.119 e. The second kappa shape index (κ2) is 7.58. The average Bonchev–Trinajstić information content (AvgIpc) is 2.69. The van der Waals surface area contributed by atoms with Crippen LogP contribution >= 0.6 is 0 Å². The highest BCUT2D eigenvalue weighted by Crippen LogP contribution is 2.46. The standard InChI is InChI=1S/C24H28N2O2/c1-24(2)11-10-19-14-26(13-18-4-3-5-22(24)23(18)19)15-20(27)16-28-21-8-6-17(12-25)7-9-21/h3-9,19-20,27H,10-11,13-16H2,1-2H3. The van der Waals surface area contributed by atoms with E-state index in [4.69, 9.17) is 10.00 Å². The van der Waals surface area contributed by atoms with Gasteiger partial charge in [0, 0.05) is 19.6 Å². The summed E-state index contributed by atoms with van der Waals surface area (Å²) in [4.78, 5) is 2.36. The Bertz CT molecular complexity index is 882. The van der Waals surface area contributed by atoms with Crippen LogP contribution in [0.3, 0.4) is 0 Å². The molecule has 1 aliphatic carbocycles. The lowest BCUT2D eigenvalue weighted by molar-refractivity contribution is 0.0585. The molecule has 1 heterocycles. The number of hydrogen-bond donors (Lipinski definition) is 1. The van der Waals surface area contributed by atoms with Gasteiger partial charge in [0.15, 0.2) is 0 Å². The first kappa shape index (κ1) is 19.0. The quantitative estimate of drug-likeness (QED) is 0.858. The van der Waals surface area contributed by atoms with Crippen LogP contribution in [0.5, 0.6) is 5.75 Å². The zero-order valence-electron chi connectivity index (χ0n) is 16.7. The van der Waals surface area contributed by atoms with Crippen LogP contribution < -0.4 is 4.74 Å². The number of aliphatic hydroxyl groups excluding tert-OH is 1. The minimum Gasteiger partial charge on any atom is -0.491 e. The van der Waals surface area contributed by atoms with E-state index >= 15 is 0 Å². The fourth-order valence-corrected chi connectivity index (χ4v) is 4.74. The molecule has 2 aromatic carbocycles. The Morgan fingerprint density at radius 3 is 2.79 bits per heavy atom. The van der Waals surface area contributed by atoms with Crippen molar-refractivity contribution in [3.63, 3.8) is 0 Å². The van der Waals surface area contributed by atoms with Gasteiger partial charge in [0.2, 0.25) is 0 Å². The summed E-state index contributed by atoms with van der Waals surface area (Å²) in [6.07, 6.45) is 1.89. The van der Waals surface area contributed by atoms with Gasteiger partial charge in [-0.2, -0.15) is 5.26 Å². The van der Waals surface area contributed by atoms with Gasteiger partial charge < -0.3 is 9.84 Å². The summed E-state index contributed by atoms with van der Waals surface area (Å²) in [7, 11) is 0. The fourth-order valence-electron chi connectivity index (χ4n) is 4.74. The summed E-state index contributed by atoms with van der Waals surface area (Å²) in [5.74, 6) is 1.25. The topological polar surface area (TPSA) is 56.5 Å². The van der Waals surface area contributed by atoms with Crippen molar-refractivity contribution in [1.82, 2.24) is 4.90 Å². The first-order chi connectivity index (χ1) is 13.5. The Hall–Kier alpha value is -2.35. The van der Waals surface area contributed by atoms with Crippen LogP contribution in [0.4, 0.5) is 0 Å². The van der Waals surface area contributed by atoms with Crippen molar-refractivity contribution in [1.29, 1.82) is 5.26 Å². The van der Waals surface area contributed by atoms with Crippen molar-refractivity contribution in [2.75, 3.05) is 19.7 Å². The molecule has 0 saturated carbocycles. The van der Waals surface area contributed by atoms with E-state index in [1.807, 2.05) is 0 Å². The molecule has 2 aromatic rings. The van der Waals surface area contributed by atoms with Crippen molar-refractivity contribution < 1.29 is 9.84 Å². The summed E-state index contributed by atoms with van der Waals surface area (Å²) in [5.41, 5.74) is 5.37. The summed E-state index contributed by atoms with van der Waals surface area (Å²) < 4.78 is 5.70. The number of hydrogen-bond acceptors (Lipinski definition) is 4. The lowest BCUT2D eigenvalue weighted by atomic mass is 9.66. The first-order valence-electron chi connectivity index (χ1n) is 10.1. The maximum absolute atomic E-state index is 10.5.